The van der Waals surface area contributed by atoms with Crippen molar-refractivity contribution in [2.75, 3.05) is 0 Å². The number of phenolic OH excluding ortho intramolecular Hbond substituents is 4. The Morgan fingerprint density at radius 2 is 0.689 bits per heavy atom. The van der Waals surface area contributed by atoms with Crippen LogP contribution in [0.1, 0.15) is 64.9 Å². The molecule has 0 fully saturated rings. The first kappa shape index (κ1) is 77.9. The Labute approximate surface area is 570 Å². The van der Waals surface area contributed by atoms with Crippen molar-refractivity contribution in [1.82, 2.24) is 0 Å². The van der Waals surface area contributed by atoms with E-state index in [1.54, 1.807) is 47.6 Å². The second-order valence-corrected chi connectivity index (χ2v) is 115. The van der Waals surface area contributed by atoms with E-state index in [4.69, 9.17) is 5.11 Å². The summed E-state index contributed by atoms with van der Waals surface area (Å²) in [6.45, 7) is 9.34. The van der Waals surface area contributed by atoms with Gasteiger partial charge in [-0.3, -0.25) is 0 Å². The molecular weight excluding hydrogens is 1740 g/mol. The first-order valence-corrected chi connectivity index (χ1v) is 90.7. The average Bonchev–Trinajstić information content (AvgIpc) is 0.812. The van der Waals surface area contributed by atoms with Crippen molar-refractivity contribution < 1.29 is 20.4 Å². The molecule has 0 amide bonds. The number of fused-ring (bicyclic) bond motifs is 4. The van der Waals surface area contributed by atoms with Gasteiger partial charge in [-0.05, 0) is 0 Å². The van der Waals surface area contributed by atoms with Crippen molar-refractivity contribution in [3.8, 4) is 23.0 Å². The maximum atomic E-state index is 9.52. The van der Waals surface area contributed by atoms with Gasteiger partial charge in [-0.25, -0.2) is 0 Å². The van der Waals surface area contributed by atoms with Gasteiger partial charge < -0.3 is 0 Å². The van der Waals surface area contributed by atoms with Gasteiger partial charge in [0.25, 0.3) is 0 Å². The molecule has 10 heteroatoms. The van der Waals surface area contributed by atoms with Gasteiger partial charge in [0.15, 0.2) is 0 Å². The molecule has 4 N–H and O–H groups in total. The third-order valence-corrected chi connectivity index (χ3v) is 62.2. The maximum absolute atomic E-state index is 9.52. The minimum atomic E-state index is -2.31. The van der Waals surface area contributed by atoms with E-state index in [0.717, 1.165) is 7.16 Å². The van der Waals surface area contributed by atoms with Gasteiger partial charge in [0.2, 0.25) is 0 Å². The number of benzene rings is 10. The molecule has 0 spiro atoms. The van der Waals surface area contributed by atoms with E-state index in [9.17, 15) is 15.3 Å². The van der Waals surface area contributed by atoms with Crippen molar-refractivity contribution >= 4 is 175 Å². The number of hydrogen-bond acceptors (Lipinski definition) is 4. The molecule has 4 nitrogen and oxygen atoms in total. The first-order chi connectivity index (χ1) is 42.2. The molecule has 0 aliphatic heterocycles. The number of rotatable bonds is 15. The summed E-state index contributed by atoms with van der Waals surface area (Å²) >= 11 is -12.4. The van der Waals surface area contributed by atoms with E-state index in [1.807, 2.05) is 9.65 Å². The Morgan fingerprint density at radius 3 is 1.13 bits per heavy atom. The molecule has 10 rings (SSSR count). The third-order valence-electron chi connectivity index (χ3n) is 17.0. The van der Waals surface area contributed by atoms with Crippen molar-refractivity contribution in [3.63, 3.8) is 0 Å². The van der Waals surface area contributed by atoms with Crippen LogP contribution in [0.15, 0.2) is 200 Å². The molecule has 0 bridgehead atoms. The predicted octanol–water partition coefficient (Wildman–Crippen LogP) is 20.6. The van der Waals surface area contributed by atoms with Gasteiger partial charge in [0.1, 0.15) is 0 Å². The average molecular weight is 1850 g/mol. The molecule has 10 aromatic rings. The van der Waals surface area contributed by atoms with Crippen LogP contribution in [0.25, 0.3) is 43.1 Å². The quantitative estimate of drug-likeness (QED) is 0.0771. The van der Waals surface area contributed by atoms with Gasteiger partial charge in [-0.15, -0.1) is 0 Å². The van der Waals surface area contributed by atoms with E-state index in [0.29, 0.717) is 0 Å². The van der Waals surface area contributed by atoms with Crippen LogP contribution in [-0.2, 0) is 0 Å². The Morgan fingerprint density at radius 1 is 0.289 bits per heavy atom. The number of aryl methyl sites for hydroxylation is 1. The number of unbranched alkanes of at least 4 members (excludes halogenated alkanes) is 3. The molecule has 0 unspecified atom stereocenters. The molecule has 10 aromatic carbocycles. The van der Waals surface area contributed by atoms with Crippen LogP contribution in [-0.4, -0.2) is 131 Å². The van der Waals surface area contributed by atoms with Gasteiger partial charge in [0, 0.05) is 0 Å². The van der Waals surface area contributed by atoms with E-state index in [2.05, 4.69) is 266 Å². The van der Waals surface area contributed by atoms with Crippen molar-refractivity contribution in [3.05, 3.63) is 206 Å². The molecule has 480 valence electrons. The van der Waals surface area contributed by atoms with Gasteiger partial charge >= 0.3 is 578 Å². The predicted molar refractivity (Wildman–Crippen MR) is 420 cm³/mol. The van der Waals surface area contributed by atoms with Crippen LogP contribution in [0.2, 0.25) is 87.4 Å². The Hall–Kier alpha value is -2.77. The van der Waals surface area contributed by atoms with Crippen LogP contribution in [0, 0.1) is 6.92 Å². The zero-order chi connectivity index (χ0) is 66.7. The van der Waals surface area contributed by atoms with Crippen molar-refractivity contribution in [1.29, 1.82) is 0 Å². The summed E-state index contributed by atoms with van der Waals surface area (Å²) in [5.74, 6) is 0.707. The molecule has 0 radical (unpaired) electrons. The van der Waals surface area contributed by atoms with E-state index >= 15 is 0 Å². The number of phenols is 4. The van der Waals surface area contributed by atoms with Crippen molar-refractivity contribution in [2.45, 2.75) is 154 Å². The fraction of sp³-hybridized carbons (Fsp3) is 0.350. The Kier molecular flexibility index (Phi) is 31.0. The topological polar surface area (TPSA) is 80.9 Å². The minimum absolute atomic E-state index is 0.131. The molecule has 0 saturated heterocycles. The molecule has 0 heterocycles. The summed E-state index contributed by atoms with van der Waals surface area (Å²) in [5, 5.41) is 48.6. The zero-order valence-corrected chi connectivity index (χ0v) is 75.8. The SMILES string of the molecule is CCC[CH2][Sn]([CH2]CCC)([CH2]CCC)[c]1cccc2ccccc12.Cc1ccc2ccccc2[c]1[Sn]([CH3])([CH3])[CH3].[CH3][Sn]([CH3])([CH3])[c]1cc(O)cc(O)c1.[CH3][Sn]([CH3])([CH3])[c]1ccc(O)cc1O.[CH3][Sn]([CH3])([CH3])[c]1ccc2ccccc2c1.[CH3][Sn]([CH3])([CH3])[c]1cccc2ccccc12. The zero-order valence-electron chi connectivity index (χ0n) is 58.7. The summed E-state index contributed by atoms with van der Waals surface area (Å²) in [4.78, 5) is 35.6. The van der Waals surface area contributed by atoms with Gasteiger partial charge in [-0.2, -0.15) is 0 Å². The van der Waals surface area contributed by atoms with Crippen LogP contribution < -0.4 is 21.5 Å². The van der Waals surface area contributed by atoms with Crippen LogP contribution in [0.3, 0.4) is 0 Å². The summed E-state index contributed by atoms with van der Waals surface area (Å²) < 4.78 is 13.6. The molecule has 90 heavy (non-hydrogen) atoms. The second kappa shape index (κ2) is 35.8. The summed E-state index contributed by atoms with van der Waals surface area (Å²) in [5.41, 5.74) is 1.48. The summed E-state index contributed by atoms with van der Waals surface area (Å²) in [6.07, 6.45) is 8.36. The van der Waals surface area contributed by atoms with Crippen LogP contribution >= 0.6 is 0 Å². The molecule has 0 atom stereocenters. The van der Waals surface area contributed by atoms with E-state index in [1.165, 1.54) is 93.9 Å². The molecular formula is C80H112O4Sn6. The number of aromatic hydroxyl groups is 4. The molecule has 0 saturated carbocycles. The summed E-state index contributed by atoms with van der Waals surface area (Å²) in [6, 6.07) is 70.3. The molecule has 0 aliphatic rings. The fourth-order valence-electron chi connectivity index (χ4n) is 12.1. The van der Waals surface area contributed by atoms with Crippen LogP contribution in [0.5, 0.6) is 23.0 Å². The van der Waals surface area contributed by atoms with Crippen molar-refractivity contribution in [2.24, 2.45) is 0 Å². The van der Waals surface area contributed by atoms with Gasteiger partial charge in [-0.1, -0.05) is 0 Å². The Bertz CT molecular complexity index is 3800. The molecule has 0 aliphatic carbocycles. The monoisotopic (exact) mass is 1860 g/mol. The fourth-order valence-corrected chi connectivity index (χ4v) is 50.9. The second-order valence-electron chi connectivity index (χ2n) is 29.9. The standard InChI is InChI=1S/C11H9.3C10H7.2C6H5O2.3C4H9.15CH3.6Sn/c1-9-6-7-10-4-2-3-5-11(10)8-9;3*1-2-6-10-8-4-3-7-9(10)5-1;2*7-5-2-1-3-6(8)4-5;3*1-3-4-2;;;;;;;;;;;;;;;;;;;;;/h2-7H,1H3;1-3,5-8H;2*1-7H;2-4,7-8H;1-2,4,7-8H;3*1,3-4H2,2H3;15*1H3;;;;;;. The molecule has 0 aromatic heterocycles. The first-order valence-electron chi connectivity index (χ1n) is 33.2. The van der Waals surface area contributed by atoms with Gasteiger partial charge in [0.05, 0.1) is 0 Å². The normalized spacial score (nSPS) is 11.9. The third kappa shape index (κ3) is 23.9. The van der Waals surface area contributed by atoms with E-state index in [-0.39, 0.29) is 23.0 Å². The summed E-state index contributed by atoms with van der Waals surface area (Å²) in [7, 11) is 0. The van der Waals surface area contributed by atoms with E-state index < -0.39 is 110 Å². The number of hydrogen-bond donors (Lipinski definition) is 4. The Balaban J connectivity index is 0.000000200. The van der Waals surface area contributed by atoms with Crippen LogP contribution in [0.4, 0.5) is 0 Å².